The number of hydrogen-bond donors (Lipinski definition) is 0. The van der Waals surface area contributed by atoms with Crippen LogP contribution in [0.15, 0.2) is 16.5 Å². The number of oxazole rings is 1. The predicted molar refractivity (Wildman–Crippen MR) is 60.8 cm³/mol. The third-order valence-corrected chi connectivity index (χ3v) is 2.54. The van der Waals surface area contributed by atoms with Crippen LogP contribution >= 0.6 is 11.6 Å². The molecule has 0 unspecified atom stereocenters. The van der Waals surface area contributed by atoms with Crippen molar-refractivity contribution in [2.45, 2.75) is 13.8 Å². The number of fused-ring (bicyclic) bond motifs is 1. The second kappa shape index (κ2) is 3.53. The summed E-state index contributed by atoms with van der Waals surface area (Å²) in [6.07, 6.45) is 0. The zero-order valence-corrected chi connectivity index (χ0v) is 9.93. The summed E-state index contributed by atoms with van der Waals surface area (Å²) < 4.78 is 7.03. The lowest BCUT2D eigenvalue weighted by Crippen LogP contribution is -1.95. The molecule has 0 spiro atoms. The highest BCUT2D eigenvalue weighted by molar-refractivity contribution is 6.29. The first-order chi connectivity index (χ1) is 8.15. The zero-order chi connectivity index (χ0) is 12.0. The van der Waals surface area contributed by atoms with Crippen LogP contribution in [-0.2, 0) is 0 Å². The first kappa shape index (κ1) is 10.2. The molecule has 3 heterocycles. The van der Waals surface area contributed by atoms with Gasteiger partial charge in [-0.2, -0.15) is 9.61 Å². The molecule has 0 bridgehead atoms. The molecule has 0 aliphatic heterocycles. The van der Waals surface area contributed by atoms with E-state index < -0.39 is 0 Å². The van der Waals surface area contributed by atoms with Crippen LogP contribution in [0.25, 0.3) is 17.2 Å². The van der Waals surface area contributed by atoms with E-state index in [4.69, 9.17) is 16.0 Å². The van der Waals surface area contributed by atoms with E-state index in [-0.39, 0.29) is 0 Å². The molecular weight excluding hydrogens is 242 g/mol. The smallest absolute Gasteiger partial charge is 0.222 e. The molecule has 3 rings (SSSR count). The normalized spacial score (nSPS) is 11.2. The monoisotopic (exact) mass is 249 g/mol. The van der Waals surface area contributed by atoms with Gasteiger partial charge >= 0.3 is 0 Å². The van der Waals surface area contributed by atoms with Crippen LogP contribution in [-0.4, -0.2) is 24.8 Å². The maximum absolute atomic E-state index is 5.85. The molecule has 3 aromatic rings. The van der Waals surface area contributed by atoms with Crippen molar-refractivity contribution >= 4 is 17.2 Å². The van der Waals surface area contributed by atoms with E-state index >= 15 is 0 Å². The van der Waals surface area contributed by atoms with Gasteiger partial charge in [-0.1, -0.05) is 11.6 Å². The molecule has 0 fully saturated rings. The summed E-state index contributed by atoms with van der Waals surface area (Å²) in [5.41, 5.74) is 1.36. The van der Waals surface area contributed by atoms with Crippen LogP contribution in [0.5, 0.6) is 0 Å². The lowest BCUT2D eigenvalue weighted by molar-refractivity contribution is 0.528. The molecule has 0 amide bonds. The fraction of sp³-hybridized carbons (Fsp3) is 0.200. The Morgan fingerprint density at radius 3 is 2.76 bits per heavy atom. The average molecular weight is 250 g/mol. The minimum atomic E-state index is 0.368. The fourth-order valence-electron chi connectivity index (χ4n) is 1.65. The highest BCUT2D eigenvalue weighted by atomic mass is 35.5. The number of nitrogens with zero attached hydrogens (tertiary/aromatic N) is 5. The number of aryl methyl sites for hydroxylation is 2. The van der Waals surface area contributed by atoms with Crippen LogP contribution in [0.1, 0.15) is 11.6 Å². The standard InChI is InChI=1S/C10H8ClN5O/c1-5-9(17-6(2)12-5)10-14-13-8-4-3-7(11)15-16(8)10/h3-4H,1-2H3. The van der Waals surface area contributed by atoms with Crippen molar-refractivity contribution in [3.8, 4) is 11.6 Å². The Labute approximate surface area is 101 Å². The highest BCUT2D eigenvalue weighted by Gasteiger charge is 2.17. The van der Waals surface area contributed by atoms with Gasteiger partial charge in [0.1, 0.15) is 5.15 Å². The minimum Gasteiger partial charge on any atom is -0.437 e. The quantitative estimate of drug-likeness (QED) is 0.660. The molecule has 7 heteroatoms. The Balaban J connectivity index is 2.30. The van der Waals surface area contributed by atoms with Gasteiger partial charge in [-0.15, -0.1) is 10.2 Å². The van der Waals surface area contributed by atoms with E-state index in [2.05, 4.69) is 20.3 Å². The Morgan fingerprint density at radius 2 is 2.06 bits per heavy atom. The molecular formula is C10H8ClN5O. The third-order valence-electron chi connectivity index (χ3n) is 2.34. The molecule has 0 aliphatic rings. The van der Waals surface area contributed by atoms with E-state index in [0.29, 0.717) is 28.3 Å². The predicted octanol–water partition coefficient (Wildman–Crippen LogP) is 2.05. The van der Waals surface area contributed by atoms with E-state index in [9.17, 15) is 0 Å². The van der Waals surface area contributed by atoms with Gasteiger partial charge in [0.2, 0.25) is 5.82 Å². The number of halogens is 1. The molecule has 0 saturated heterocycles. The molecule has 17 heavy (non-hydrogen) atoms. The van der Waals surface area contributed by atoms with Crippen LogP contribution in [0.4, 0.5) is 0 Å². The van der Waals surface area contributed by atoms with Crippen molar-refractivity contribution in [2.75, 3.05) is 0 Å². The molecule has 0 saturated carbocycles. The minimum absolute atomic E-state index is 0.368. The topological polar surface area (TPSA) is 69.1 Å². The Bertz CT molecular complexity index is 702. The summed E-state index contributed by atoms with van der Waals surface area (Å²) >= 11 is 5.85. The lowest BCUT2D eigenvalue weighted by Gasteiger charge is -1.96. The van der Waals surface area contributed by atoms with Crippen LogP contribution < -0.4 is 0 Å². The number of hydrogen-bond acceptors (Lipinski definition) is 5. The SMILES string of the molecule is Cc1nc(C)c(-c2nnc3ccc(Cl)nn23)o1. The summed E-state index contributed by atoms with van der Waals surface area (Å²) in [5, 5.41) is 12.5. The second-order valence-electron chi connectivity index (χ2n) is 3.60. The van der Waals surface area contributed by atoms with Crippen molar-refractivity contribution in [2.24, 2.45) is 0 Å². The van der Waals surface area contributed by atoms with E-state index in [1.807, 2.05) is 6.92 Å². The van der Waals surface area contributed by atoms with Gasteiger partial charge < -0.3 is 4.42 Å². The fourth-order valence-corrected chi connectivity index (χ4v) is 1.79. The molecule has 0 radical (unpaired) electrons. The van der Waals surface area contributed by atoms with E-state index in [1.54, 1.807) is 19.1 Å². The Hall–Kier alpha value is -1.95. The first-order valence-corrected chi connectivity index (χ1v) is 5.35. The summed E-state index contributed by atoms with van der Waals surface area (Å²) in [6, 6.07) is 3.40. The van der Waals surface area contributed by atoms with Gasteiger partial charge in [0.05, 0.1) is 5.69 Å². The average Bonchev–Trinajstić information content (AvgIpc) is 2.81. The van der Waals surface area contributed by atoms with Gasteiger partial charge in [0, 0.05) is 6.92 Å². The lowest BCUT2D eigenvalue weighted by atomic mass is 10.3. The van der Waals surface area contributed by atoms with Crippen LogP contribution in [0.3, 0.4) is 0 Å². The summed E-state index contributed by atoms with van der Waals surface area (Å²) in [4.78, 5) is 4.19. The van der Waals surface area contributed by atoms with Gasteiger partial charge in [-0.3, -0.25) is 0 Å². The molecule has 0 atom stereocenters. The van der Waals surface area contributed by atoms with Crippen molar-refractivity contribution in [3.63, 3.8) is 0 Å². The Morgan fingerprint density at radius 1 is 1.24 bits per heavy atom. The van der Waals surface area contributed by atoms with Crippen molar-refractivity contribution in [3.05, 3.63) is 28.9 Å². The van der Waals surface area contributed by atoms with Crippen molar-refractivity contribution < 1.29 is 4.42 Å². The second-order valence-corrected chi connectivity index (χ2v) is 3.98. The highest BCUT2D eigenvalue weighted by Crippen LogP contribution is 2.22. The van der Waals surface area contributed by atoms with Crippen molar-refractivity contribution in [1.29, 1.82) is 0 Å². The summed E-state index contributed by atoms with van der Waals surface area (Å²) in [6.45, 7) is 3.62. The van der Waals surface area contributed by atoms with Crippen LogP contribution in [0, 0.1) is 13.8 Å². The maximum Gasteiger partial charge on any atom is 0.222 e. The largest absolute Gasteiger partial charge is 0.437 e. The van der Waals surface area contributed by atoms with E-state index in [0.717, 1.165) is 5.69 Å². The van der Waals surface area contributed by atoms with Crippen molar-refractivity contribution in [1.82, 2.24) is 24.8 Å². The Kier molecular flexibility index (Phi) is 2.12. The first-order valence-electron chi connectivity index (χ1n) is 4.97. The van der Waals surface area contributed by atoms with Gasteiger partial charge in [-0.25, -0.2) is 4.98 Å². The number of rotatable bonds is 1. The summed E-state index contributed by atoms with van der Waals surface area (Å²) in [5.74, 6) is 1.64. The van der Waals surface area contributed by atoms with Gasteiger partial charge in [-0.05, 0) is 19.1 Å². The number of aromatic nitrogens is 5. The van der Waals surface area contributed by atoms with Crippen LogP contribution in [0.2, 0.25) is 5.15 Å². The molecule has 6 nitrogen and oxygen atoms in total. The molecule has 0 aromatic carbocycles. The third kappa shape index (κ3) is 1.57. The maximum atomic E-state index is 5.85. The van der Waals surface area contributed by atoms with E-state index in [1.165, 1.54) is 4.52 Å². The zero-order valence-electron chi connectivity index (χ0n) is 9.18. The van der Waals surface area contributed by atoms with Gasteiger partial charge in [0.15, 0.2) is 17.3 Å². The molecule has 0 N–H and O–H groups in total. The molecule has 0 aliphatic carbocycles. The van der Waals surface area contributed by atoms with Gasteiger partial charge in [0.25, 0.3) is 0 Å². The summed E-state index contributed by atoms with van der Waals surface area (Å²) in [7, 11) is 0. The molecule has 86 valence electrons. The molecule has 3 aromatic heterocycles.